The molecule has 1 nitrogen and oxygen atoms in total. The molecule has 0 aromatic heterocycles. The normalized spacial score (nSPS) is 36.0. The maximum absolute atomic E-state index is 8.85. The summed E-state index contributed by atoms with van der Waals surface area (Å²) in [6.07, 6.45) is 3.66. The minimum Gasteiger partial charge on any atom is -0.396 e. The lowest BCUT2D eigenvalue weighted by Gasteiger charge is -2.30. The molecule has 0 heterocycles. The van der Waals surface area contributed by atoms with Gasteiger partial charge in [-0.15, -0.1) is 0 Å². The third-order valence-electron chi connectivity index (χ3n) is 3.75. The van der Waals surface area contributed by atoms with Gasteiger partial charge in [0.25, 0.3) is 0 Å². The largest absolute Gasteiger partial charge is 0.396 e. The summed E-state index contributed by atoms with van der Waals surface area (Å²) < 4.78 is 0. The van der Waals surface area contributed by atoms with Crippen molar-refractivity contribution in [2.45, 2.75) is 40.0 Å². The van der Waals surface area contributed by atoms with Crippen LogP contribution in [0, 0.1) is 17.3 Å². The summed E-state index contributed by atoms with van der Waals surface area (Å²) in [7, 11) is 0. The van der Waals surface area contributed by atoms with E-state index in [1.54, 1.807) is 0 Å². The monoisotopic (exact) mass is 156 g/mol. The molecule has 1 aliphatic carbocycles. The smallest absolute Gasteiger partial charge is 0.0433 e. The Hall–Kier alpha value is -0.0400. The number of hydrogen-bond donors (Lipinski definition) is 1. The molecule has 0 aromatic carbocycles. The minimum atomic E-state index is 0.362. The molecule has 0 radical (unpaired) electrons. The first-order valence-electron chi connectivity index (χ1n) is 4.70. The van der Waals surface area contributed by atoms with Crippen molar-refractivity contribution in [2.24, 2.45) is 17.3 Å². The Morgan fingerprint density at radius 3 is 2.36 bits per heavy atom. The molecule has 1 saturated carbocycles. The summed E-state index contributed by atoms with van der Waals surface area (Å²) in [6.45, 7) is 7.37. The molecular weight excluding hydrogens is 136 g/mol. The zero-order valence-electron chi connectivity index (χ0n) is 7.93. The summed E-state index contributed by atoms with van der Waals surface area (Å²) in [5.41, 5.74) is 0.461. The highest BCUT2D eigenvalue weighted by Gasteiger charge is 2.39. The Kier molecular flexibility index (Phi) is 2.58. The van der Waals surface area contributed by atoms with E-state index < -0.39 is 0 Å². The Bertz CT molecular complexity index is 127. The lowest BCUT2D eigenvalue weighted by atomic mass is 9.75. The molecule has 1 fully saturated rings. The van der Waals surface area contributed by atoms with Gasteiger partial charge in [-0.3, -0.25) is 0 Å². The van der Waals surface area contributed by atoms with Crippen LogP contribution in [0.5, 0.6) is 0 Å². The molecule has 1 N–H and O–H groups in total. The Morgan fingerprint density at radius 1 is 1.36 bits per heavy atom. The van der Waals surface area contributed by atoms with E-state index in [1.165, 1.54) is 12.8 Å². The SMILES string of the molecule is C[C@H]1CC[C@H](CCO)C1(C)C. The van der Waals surface area contributed by atoms with Crippen molar-refractivity contribution in [3.8, 4) is 0 Å². The molecule has 0 saturated heterocycles. The highest BCUT2D eigenvalue weighted by atomic mass is 16.3. The quantitative estimate of drug-likeness (QED) is 0.651. The molecule has 0 bridgehead atoms. The van der Waals surface area contributed by atoms with E-state index in [2.05, 4.69) is 20.8 Å². The summed E-state index contributed by atoms with van der Waals surface area (Å²) in [5, 5.41) is 8.85. The van der Waals surface area contributed by atoms with Crippen LogP contribution in [0.25, 0.3) is 0 Å². The second-order valence-corrected chi connectivity index (χ2v) is 4.51. The van der Waals surface area contributed by atoms with Gasteiger partial charge in [-0.05, 0) is 36.5 Å². The first kappa shape index (κ1) is 9.05. The van der Waals surface area contributed by atoms with Crippen LogP contribution in [0.4, 0.5) is 0 Å². The maximum Gasteiger partial charge on any atom is 0.0433 e. The second-order valence-electron chi connectivity index (χ2n) is 4.51. The summed E-state index contributed by atoms with van der Waals surface area (Å²) in [6, 6.07) is 0. The van der Waals surface area contributed by atoms with Gasteiger partial charge in [-0.25, -0.2) is 0 Å². The number of hydrogen-bond acceptors (Lipinski definition) is 1. The van der Waals surface area contributed by atoms with Crippen LogP contribution in [-0.2, 0) is 0 Å². The lowest BCUT2D eigenvalue weighted by Crippen LogP contribution is -2.23. The van der Waals surface area contributed by atoms with Crippen LogP contribution in [0.15, 0.2) is 0 Å². The molecular formula is C10H20O. The van der Waals surface area contributed by atoms with Crippen molar-refractivity contribution < 1.29 is 5.11 Å². The van der Waals surface area contributed by atoms with Gasteiger partial charge >= 0.3 is 0 Å². The predicted octanol–water partition coefficient (Wildman–Crippen LogP) is 2.44. The van der Waals surface area contributed by atoms with Crippen molar-refractivity contribution in [3.63, 3.8) is 0 Å². The zero-order valence-corrected chi connectivity index (χ0v) is 7.93. The van der Waals surface area contributed by atoms with Crippen molar-refractivity contribution in [3.05, 3.63) is 0 Å². The van der Waals surface area contributed by atoms with E-state index >= 15 is 0 Å². The average molecular weight is 156 g/mol. The summed E-state index contributed by atoms with van der Waals surface area (Å²) >= 11 is 0. The minimum absolute atomic E-state index is 0.362. The van der Waals surface area contributed by atoms with Gasteiger partial charge in [0.2, 0.25) is 0 Å². The molecule has 66 valence electrons. The van der Waals surface area contributed by atoms with E-state index in [9.17, 15) is 0 Å². The van der Waals surface area contributed by atoms with Crippen LogP contribution >= 0.6 is 0 Å². The Labute approximate surface area is 69.8 Å². The first-order valence-corrected chi connectivity index (χ1v) is 4.70. The molecule has 1 aliphatic rings. The van der Waals surface area contributed by atoms with Gasteiger partial charge in [-0.1, -0.05) is 20.8 Å². The van der Waals surface area contributed by atoms with Crippen LogP contribution < -0.4 is 0 Å². The van der Waals surface area contributed by atoms with Crippen molar-refractivity contribution in [1.29, 1.82) is 0 Å². The van der Waals surface area contributed by atoms with Crippen LogP contribution in [0.1, 0.15) is 40.0 Å². The molecule has 1 rings (SSSR count). The molecule has 0 amide bonds. The van der Waals surface area contributed by atoms with Crippen molar-refractivity contribution in [2.75, 3.05) is 6.61 Å². The van der Waals surface area contributed by atoms with Crippen LogP contribution in [0.2, 0.25) is 0 Å². The van der Waals surface area contributed by atoms with Crippen molar-refractivity contribution >= 4 is 0 Å². The second kappa shape index (κ2) is 3.14. The number of rotatable bonds is 2. The molecule has 0 aromatic rings. The van der Waals surface area contributed by atoms with E-state index in [0.29, 0.717) is 12.0 Å². The van der Waals surface area contributed by atoms with Gasteiger partial charge in [0.05, 0.1) is 0 Å². The molecule has 11 heavy (non-hydrogen) atoms. The molecule has 2 atom stereocenters. The number of aliphatic hydroxyl groups excluding tert-OH is 1. The Balaban J connectivity index is 2.55. The van der Waals surface area contributed by atoms with Gasteiger partial charge < -0.3 is 5.11 Å². The van der Waals surface area contributed by atoms with Gasteiger partial charge in [0, 0.05) is 6.61 Å². The van der Waals surface area contributed by atoms with Gasteiger partial charge in [-0.2, -0.15) is 0 Å². The number of aliphatic hydroxyl groups is 1. The van der Waals surface area contributed by atoms with E-state index in [-0.39, 0.29) is 0 Å². The maximum atomic E-state index is 8.85. The van der Waals surface area contributed by atoms with Gasteiger partial charge in [0.15, 0.2) is 0 Å². The zero-order chi connectivity index (χ0) is 8.48. The standard InChI is InChI=1S/C10H20O/c1-8-4-5-9(6-7-11)10(8,2)3/h8-9,11H,4-7H2,1-3H3/t8-,9+/m0/s1. The predicted molar refractivity (Wildman–Crippen MR) is 47.4 cm³/mol. The topological polar surface area (TPSA) is 20.2 Å². The lowest BCUT2D eigenvalue weighted by molar-refractivity contribution is 0.156. The van der Waals surface area contributed by atoms with E-state index in [1.807, 2.05) is 0 Å². The average Bonchev–Trinajstić information content (AvgIpc) is 2.16. The first-order chi connectivity index (χ1) is 5.09. The third kappa shape index (κ3) is 1.58. The van der Waals surface area contributed by atoms with Crippen LogP contribution in [-0.4, -0.2) is 11.7 Å². The molecule has 0 unspecified atom stereocenters. The fraction of sp³-hybridized carbons (Fsp3) is 1.00. The van der Waals surface area contributed by atoms with Gasteiger partial charge in [0.1, 0.15) is 0 Å². The highest BCUT2D eigenvalue weighted by Crippen LogP contribution is 2.48. The molecule has 1 heteroatoms. The highest BCUT2D eigenvalue weighted by molar-refractivity contribution is 4.89. The summed E-state index contributed by atoms with van der Waals surface area (Å²) in [5.74, 6) is 1.58. The molecule has 0 aliphatic heterocycles. The Morgan fingerprint density at radius 2 is 2.00 bits per heavy atom. The third-order valence-corrected chi connectivity index (χ3v) is 3.75. The van der Waals surface area contributed by atoms with E-state index in [4.69, 9.17) is 5.11 Å². The fourth-order valence-electron chi connectivity index (χ4n) is 2.27. The summed E-state index contributed by atoms with van der Waals surface area (Å²) in [4.78, 5) is 0. The molecule has 0 spiro atoms. The van der Waals surface area contributed by atoms with E-state index in [0.717, 1.165) is 18.3 Å². The van der Waals surface area contributed by atoms with Crippen molar-refractivity contribution in [1.82, 2.24) is 0 Å². The van der Waals surface area contributed by atoms with Crippen LogP contribution in [0.3, 0.4) is 0 Å². The fourth-order valence-corrected chi connectivity index (χ4v) is 2.27.